The molecular weight excluding hydrogens is 470 g/mol. The number of carbonyl (C=O) groups is 1. The minimum absolute atomic E-state index is 0.0416. The average Bonchev–Trinajstić information content (AvgIpc) is 3.40. The summed E-state index contributed by atoms with van der Waals surface area (Å²) < 4.78 is 11.6. The highest BCUT2D eigenvalue weighted by atomic mass is 16.5. The van der Waals surface area contributed by atoms with Crippen molar-refractivity contribution in [1.82, 2.24) is 24.8 Å². The number of aromatic nitrogens is 4. The summed E-state index contributed by atoms with van der Waals surface area (Å²) in [5.74, 6) is 1.38. The van der Waals surface area contributed by atoms with E-state index in [1.165, 1.54) is 12.0 Å². The van der Waals surface area contributed by atoms with Gasteiger partial charge in [0, 0.05) is 55.8 Å². The number of ether oxygens (including phenoxy) is 2. The highest BCUT2D eigenvalue weighted by Gasteiger charge is 2.21. The van der Waals surface area contributed by atoms with Gasteiger partial charge in [-0.2, -0.15) is 0 Å². The molecule has 2 fully saturated rings. The average molecular weight is 500 g/mol. The van der Waals surface area contributed by atoms with Gasteiger partial charge in [-0.3, -0.25) is 4.79 Å². The zero-order valence-electron chi connectivity index (χ0n) is 20.5. The highest BCUT2D eigenvalue weighted by Crippen LogP contribution is 2.33. The predicted molar refractivity (Wildman–Crippen MR) is 141 cm³/mol. The number of morpholine rings is 1. The predicted octanol–water partition coefficient (Wildman–Crippen LogP) is 3.11. The second-order valence-corrected chi connectivity index (χ2v) is 9.36. The van der Waals surface area contributed by atoms with E-state index in [2.05, 4.69) is 44.1 Å². The molecule has 190 valence electrons. The summed E-state index contributed by atoms with van der Waals surface area (Å²) in [6, 6.07) is 14.1. The smallest absolute Gasteiger partial charge is 0.209 e. The van der Waals surface area contributed by atoms with Crippen molar-refractivity contribution in [3.63, 3.8) is 0 Å². The number of nitrogens with one attached hydrogen (secondary N) is 1. The normalized spacial score (nSPS) is 16.8. The summed E-state index contributed by atoms with van der Waals surface area (Å²) in [4.78, 5) is 32.1. The maximum atomic E-state index is 10.9. The number of likely N-dealkylation sites (tertiary alicyclic amines) is 1. The topological polar surface area (TPSA) is 122 Å². The zero-order valence-corrected chi connectivity index (χ0v) is 20.5. The van der Waals surface area contributed by atoms with Crippen LogP contribution in [0.25, 0.3) is 33.8 Å². The molecule has 4 aromatic rings. The van der Waals surface area contributed by atoms with Crippen LogP contribution >= 0.6 is 0 Å². The monoisotopic (exact) mass is 499 g/mol. The maximum absolute atomic E-state index is 10.9. The van der Waals surface area contributed by atoms with Crippen LogP contribution in [0.1, 0.15) is 12.8 Å². The van der Waals surface area contributed by atoms with Crippen LogP contribution < -0.4 is 15.4 Å². The molecular formula is C27H29N7O3. The number of benzene rings is 2. The minimum atomic E-state index is 0.0416. The van der Waals surface area contributed by atoms with Gasteiger partial charge in [0.05, 0.1) is 24.6 Å². The molecule has 0 spiro atoms. The standard InChI is InChI=1S/C27H29N7O3/c28-22-15-19(3-6-23(22)37-21-7-9-33(17-35)10-8-21)24-25-27(30-16-29-24)32-26(31-25)18-1-4-20(5-2-18)34-11-13-36-14-12-34/h1-6,15-17,21H,7-14,28H2,(H,29,30,31,32). The lowest BCUT2D eigenvalue weighted by atomic mass is 10.1. The molecule has 3 N–H and O–H groups in total. The highest BCUT2D eigenvalue weighted by molar-refractivity contribution is 5.90. The summed E-state index contributed by atoms with van der Waals surface area (Å²) >= 11 is 0. The number of piperidine rings is 1. The van der Waals surface area contributed by atoms with Crippen molar-refractivity contribution in [3.8, 4) is 28.4 Å². The summed E-state index contributed by atoms with van der Waals surface area (Å²) in [5, 5.41) is 0. The molecule has 37 heavy (non-hydrogen) atoms. The fraction of sp³-hybridized carbons (Fsp3) is 0.333. The van der Waals surface area contributed by atoms with E-state index in [-0.39, 0.29) is 6.10 Å². The summed E-state index contributed by atoms with van der Waals surface area (Å²) in [5.41, 5.74) is 12.0. The number of imidazole rings is 1. The first-order chi connectivity index (χ1) is 18.2. The molecule has 0 atom stereocenters. The van der Waals surface area contributed by atoms with E-state index in [0.29, 0.717) is 30.2 Å². The molecule has 0 unspecified atom stereocenters. The Morgan fingerprint density at radius 1 is 1.00 bits per heavy atom. The second-order valence-electron chi connectivity index (χ2n) is 9.36. The number of anilines is 2. The molecule has 2 saturated heterocycles. The summed E-state index contributed by atoms with van der Waals surface area (Å²) in [6.45, 7) is 4.70. The van der Waals surface area contributed by atoms with Crippen molar-refractivity contribution in [3.05, 3.63) is 48.8 Å². The van der Waals surface area contributed by atoms with Crippen molar-refractivity contribution >= 4 is 28.9 Å². The molecule has 2 aromatic heterocycles. The molecule has 0 bridgehead atoms. The zero-order chi connectivity index (χ0) is 25.2. The number of nitrogens with two attached hydrogens (primary N) is 1. The molecule has 10 heteroatoms. The number of carbonyl (C=O) groups excluding carboxylic acids is 1. The van der Waals surface area contributed by atoms with E-state index < -0.39 is 0 Å². The molecule has 2 aromatic carbocycles. The first-order valence-electron chi connectivity index (χ1n) is 12.6. The number of hydrogen-bond donors (Lipinski definition) is 2. The molecule has 6 rings (SSSR count). The van der Waals surface area contributed by atoms with Gasteiger partial charge in [-0.25, -0.2) is 15.0 Å². The van der Waals surface area contributed by atoms with Crippen LogP contribution in [0.15, 0.2) is 48.8 Å². The molecule has 2 aliphatic rings. The van der Waals surface area contributed by atoms with Gasteiger partial charge in [0.2, 0.25) is 6.41 Å². The van der Waals surface area contributed by atoms with Gasteiger partial charge in [-0.05, 0) is 42.5 Å². The fourth-order valence-corrected chi connectivity index (χ4v) is 4.92. The Morgan fingerprint density at radius 2 is 1.76 bits per heavy atom. The van der Waals surface area contributed by atoms with Crippen molar-refractivity contribution < 1.29 is 14.3 Å². The van der Waals surface area contributed by atoms with Crippen LogP contribution in [-0.2, 0) is 9.53 Å². The van der Waals surface area contributed by atoms with Crippen LogP contribution in [-0.4, -0.2) is 76.7 Å². The third kappa shape index (κ3) is 4.79. The molecule has 10 nitrogen and oxygen atoms in total. The lowest BCUT2D eigenvalue weighted by Gasteiger charge is -2.29. The maximum Gasteiger partial charge on any atom is 0.209 e. The van der Waals surface area contributed by atoms with Crippen LogP contribution in [0.2, 0.25) is 0 Å². The number of nitrogens with zero attached hydrogens (tertiary/aromatic N) is 5. The Hall–Kier alpha value is -4.18. The Labute approximate surface area is 214 Å². The summed E-state index contributed by atoms with van der Waals surface area (Å²) in [7, 11) is 0. The van der Waals surface area contributed by atoms with Crippen LogP contribution in [0.3, 0.4) is 0 Å². The van der Waals surface area contributed by atoms with Gasteiger partial charge >= 0.3 is 0 Å². The molecule has 0 saturated carbocycles. The number of fused-ring (bicyclic) bond motifs is 1. The van der Waals surface area contributed by atoms with Gasteiger partial charge in [-0.15, -0.1) is 0 Å². The van der Waals surface area contributed by atoms with Crippen LogP contribution in [0.4, 0.5) is 11.4 Å². The Kier molecular flexibility index (Phi) is 6.32. The number of amides is 1. The van der Waals surface area contributed by atoms with E-state index in [9.17, 15) is 4.79 Å². The number of nitrogen functional groups attached to an aromatic ring is 1. The molecule has 2 aliphatic heterocycles. The first-order valence-corrected chi connectivity index (χ1v) is 12.6. The lowest BCUT2D eigenvalue weighted by Crippen LogP contribution is -2.37. The second kappa shape index (κ2) is 10.1. The van der Waals surface area contributed by atoms with E-state index in [1.54, 1.807) is 4.90 Å². The number of H-pyrrole nitrogens is 1. The minimum Gasteiger partial charge on any atom is -0.488 e. The summed E-state index contributed by atoms with van der Waals surface area (Å²) in [6.07, 6.45) is 4.03. The molecule has 0 radical (unpaired) electrons. The van der Waals surface area contributed by atoms with Gasteiger partial charge < -0.3 is 30.0 Å². The van der Waals surface area contributed by atoms with E-state index in [1.807, 2.05) is 18.2 Å². The van der Waals surface area contributed by atoms with Gasteiger partial charge in [0.1, 0.15) is 29.5 Å². The van der Waals surface area contributed by atoms with E-state index in [0.717, 1.165) is 73.7 Å². The van der Waals surface area contributed by atoms with Gasteiger partial charge in [-0.1, -0.05) is 0 Å². The van der Waals surface area contributed by atoms with Crippen LogP contribution in [0, 0.1) is 0 Å². The largest absolute Gasteiger partial charge is 0.488 e. The van der Waals surface area contributed by atoms with Crippen molar-refractivity contribution in [1.29, 1.82) is 0 Å². The van der Waals surface area contributed by atoms with E-state index >= 15 is 0 Å². The quantitative estimate of drug-likeness (QED) is 0.307. The first kappa shape index (κ1) is 23.2. The SMILES string of the molecule is Nc1cc(-c2ncnc3nc(-c4ccc(N5CCOCC5)cc4)[nH]c23)ccc1OC1CCN(C=O)CC1. The molecule has 0 aliphatic carbocycles. The third-order valence-corrected chi connectivity index (χ3v) is 7.01. The fourth-order valence-electron chi connectivity index (χ4n) is 4.92. The van der Waals surface area contributed by atoms with Crippen molar-refractivity contribution in [2.75, 3.05) is 50.0 Å². The molecule has 1 amide bonds. The molecule has 4 heterocycles. The van der Waals surface area contributed by atoms with E-state index in [4.69, 9.17) is 20.2 Å². The lowest BCUT2D eigenvalue weighted by molar-refractivity contribution is -0.119. The Morgan fingerprint density at radius 3 is 2.49 bits per heavy atom. The Balaban J connectivity index is 1.23. The number of rotatable bonds is 6. The van der Waals surface area contributed by atoms with Crippen LogP contribution in [0.5, 0.6) is 5.75 Å². The third-order valence-electron chi connectivity index (χ3n) is 7.01. The van der Waals surface area contributed by atoms with Crippen molar-refractivity contribution in [2.45, 2.75) is 18.9 Å². The number of aromatic amines is 1. The Bertz CT molecular complexity index is 1390. The van der Waals surface area contributed by atoms with Crippen molar-refractivity contribution in [2.24, 2.45) is 0 Å². The number of hydrogen-bond acceptors (Lipinski definition) is 8. The van der Waals surface area contributed by atoms with Gasteiger partial charge in [0.15, 0.2) is 5.65 Å². The van der Waals surface area contributed by atoms with Gasteiger partial charge in [0.25, 0.3) is 0 Å².